The van der Waals surface area contributed by atoms with Crippen LogP contribution in [0.15, 0.2) is 0 Å². The Morgan fingerprint density at radius 2 is 2.33 bits per heavy atom. The summed E-state index contributed by atoms with van der Waals surface area (Å²) in [6.45, 7) is 8.66. The van der Waals surface area contributed by atoms with Gasteiger partial charge in [-0.15, -0.1) is 0 Å². The molecule has 2 atom stereocenters. The van der Waals surface area contributed by atoms with Crippen LogP contribution < -0.4 is 5.32 Å². The molecule has 4 nitrogen and oxygen atoms in total. The predicted octanol–water partition coefficient (Wildman–Crippen LogP) is 1.10. The van der Waals surface area contributed by atoms with Gasteiger partial charge in [-0.1, -0.05) is 0 Å². The SMILES string of the molecule is CC(C)OCC(=O)NC1(C)CCOC1C. The maximum atomic E-state index is 11.6. The third-order valence-electron chi connectivity index (χ3n) is 2.86. The summed E-state index contributed by atoms with van der Waals surface area (Å²) >= 11 is 0. The van der Waals surface area contributed by atoms with Crippen molar-refractivity contribution in [2.24, 2.45) is 0 Å². The van der Waals surface area contributed by atoms with E-state index in [-0.39, 0.29) is 30.3 Å². The fraction of sp³-hybridized carbons (Fsp3) is 0.909. The largest absolute Gasteiger partial charge is 0.376 e. The molecule has 1 fully saturated rings. The highest BCUT2D eigenvalue weighted by atomic mass is 16.5. The average molecular weight is 215 g/mol. The second kappa shape index (κ2) is 4.94. The number of carbonyl (C=O) groups excluding carboxylic acids is 1. The van der Waals surface area contributed by atoms with E-state index in [9.17, 15) is 4.79 Å². The average Bonchev–Trinajstić information content (AvgIpc) is 2.44. The summed E-state index contributed by atoms with van der Waals surface area (Å²) in [6.07, 6.45) is 1.02. The maximum Gasteiger partial charge on any atom is 0.246 e. The van der Waals surface area contributed by atoms with Gasteiger partial charge in [-0.25, -0.2) is 0 Å². The summed E-state index contributed by atoms with van der Waals surface area (Å²) in [5.41, 5.74) is -0.239. The molecule has 15 heavy (non-hydrogen) atoms. The number of hydrogen-bond acceptors (Lipinski definition) is 3. The Labute approximate surface area is 91.3 Å². The lowest BCUT2D eigenvalue weighted by Gasteiger charge is -2.28. The second-order valence-corrected chi connectivity index (χ2v) is 4.59. The molecule has 0 spiro atoms. The van der Waals surface area contributed by atoms with E-state index in [0.29, 0.717) is 6.61 Å². The Bertz CT molecular complexity index is 230. The first-order chi connectivity index (χ1) is 6.94. The normalized spacial score (nSPS) is 30.9. The first-order valence-electron chi connectivity index (χ1n) is 5.48. The molecule has 1 saturated heterocycles. The molecule has 0 bridgehead atoms. The highest BCUT2D eigenvalue weighted by molar-refractivity contribution is 5.78. The van der Waals surface area contributed by atoms with Crippen LogP contribution in [-0.2, 0) is 14.3 Å². The van der Waals surface area contributed by atoms with E-state index < -0.39 is 0 Å². The molecule has 1 aliphatic rings. The molecule has 1 aliphatic heterocycles. The van der Waals surface area contributed by atoms with Gasteiger partial charge in [0, 0.05) is 6.61 Å². The third kappa shape index (κ3) is 3.47. The molecule has 0 radical (unpaired) electrons. The highest BCUT2D eigenvalue weighted by Crippen LogP contribution is 2.24. The van der Waals surface area contributed by atoms with Gasteiger partial charge < -0.3 is 14.8 Å². The van der Waals surface area contributed by atoms with E-state index >= 15 is 0 Å². The molecule has 1 N–H and O–H groups in total. The summed E-state index contributed by atoms with van der Waals surface area (Å²) in [7, 11) is 0. The van der Waals surface area contributed by atoms with Crippen LogP contribution in [-0.4, -0.2) is 36.9 Å². The lowest BCUT2D eigenvalue weighted by Crippen LogP contribution is -2.51. The van der Waals surface area contributed by atoms with Crippen LogP contribution in [0.3, 0.4) is 0 Å². The van der Waals surface area contributed by atoms with Crippen molar-refractivity contribution in [3.05, 3.63) is 0 Å². The zero-order valence-corrected chi connectivity index (χ0v) is 10.0. The van der Waals surface area contributed by atoms with Crippen molar-refractivity contribution in [2.45, 2.75) is 51.9 Å². The van der Waals surface area contributed by atoms with Gasteiger partial charge in [0.25, 0.3) is 0 Å². The summed E-state index contributed by atoms with van der Waals surface area (Å²) in [5.74, 6) is -0.0662. The molecule has 0 aromatic rings. The van der Waals surface area contributed by atoms with Gasteiger partial charge >= 0.3 is 0 Å². The molecular weight excluding hydrogens is 194 g/mol. The topological polar surface area (TPSA) is 47.6 Å². The van der Waals surface area contributed by atoms with Crippen molar-refractivity contribution >= 4 is 5.91 Å². The fourth-order valence-electron chi connectivity index (χ4n) is 1.60. The molecular formula is C11H21NO3. The summed E-state index contributed by atoms with van der Waals surface area (Å²) < 4.78 is 10.7. The summed E-state index contributed by atoms with van der Waals surface area (Å²) in [6, 6.07) is 0. The van der Waals surface area contributed by atoms with Gasteiger partial charge in [0.05, 0.1) is 17.7 Å². The van der Waals surface area contributed by atoms with Crippen LogP contribution in [0.5, 0.6) is 0 Å². The quantitative estimate of drug-likeness (QED) is 0.763. The van der Waals surface area contributed by atoms with Crippen molar-refractivity contribution in [3.63, 3.8) is 0 Å². The third-order valence-corrected chi connectivity index (χ3v) is 2.86. The van der Waals surface area contributed by atoms with Gasteiger partial charge in [-0.2, -0.15) is 0 Å². The van der Waals surface area contributed by atoms with Gasteiger partial charge in [-0.05, 0) is 34.1 Å². The second-order valence-electron chi connectivity index (χ2n) is 4.59. The van der Waals surface area contributed by atoms with Gasteiger partial charge in [-0.3, -0.25) is 4.79 Å². The van der Waals surface area contributed by atoms with Crippen molar-refractivity contribution in [2.75, 3.05) is 13.2 Å². The van der Waals surface area contributed by atoms with Crippen LogP contribution in [0.25, 0.3) is 0 Å². The molecule has 1 rings (SSSR count). The Morgan fingerprint density at radius 3 is 2.80 bits per heavy atom. The van der Waals surface area contributed by atoms with Crippen molar-refractivity contribution < 1.29 is 14.3 Å². The van der Waals surface area contributed by atoms with Crippen LogP contribution >= 0.6 is 0 Å². The zero-order chi connectivity index (χ0) is 11.5. The number of amides is 1. The van der Waals surface area contributed by atoms with Crippen LogP contribution in [0, 0.1) is 0 Å². The minimum atomic E-state index is -0.239. The number of ether oxygens (including phenoxy) is 2. The smallest absolute Gasteiger partial charge is 0.246 e. The van der Waals surface area contributed by atoms with E-state index in [0.717, 1.165) is 6.42 Å². The van der Waals surface area contributed by atoms with E-state index in [1.54, 1.807) is 0 Å². The Kier molecular flexibility index (Phi) is 4.11. The first-order valence-corrected chi connectivity index (χ1v) is 5.48. The molecule has 0 saturated carbocycles. The highest BCUT2D eigenvalue weighted by Gasteiger charge is 2.38. The Hall–Kier alpha value is -0.610. The summed E-state index contributed by atoms with van der Waals surface area (Å²) in [4.78, 5) is 11.6. The van der Waals surface area contributed by atoms with Crippen molar-refractivity contribution in [3.8, 4) is 0 Å². The van der Waals surface area contributed by atoms with Crippen LogP contribution in [0.1, 0.15) is 34.1 Å². The number of hydrogen-bond donors (Lipinski definition) is 1. The number of carbonyl (C=O) groups is 1. The number of nitrogens with one attached hydrogen (secondary N) is 1. The van der Waals surface area contributed by atoms with E-state index in [1.165, 1.54) is 0 Å². The minimum Gasteiger partial charge on any atom is -0.376 e. The lowest BCUT2D eigenvalue weighted by molar-refractivity contribution is -0.129. The maximum absolute atomic E-state index is 11.6. The molecule has 88 valence electrons. The standard InChI is InChI=1S/C11H21NO3/c1-8(2)15-7-10(13)12-11(4)5-6-14-9(11)3/h8-9H,5-7H2,1-4H3,(H,12,13). The van der Waals surface area contributed by atoms with E-state index in [4.69, 9.17) is 9.47 Å². The molecule has 4 heteroatoms. The molecule has 2 unspecified atom stereocenters. The zero-order valence-electron chi connectivity index (χ0n) is 10.0. The van der Waals surface area contributed by atoms with Crippen molar-refractivity contribution in [1.82, 2.24) is 5.32 Å². The van der Waals surface area contributed by atoms with Gasteiger partial charge in [0.2, 0.25) is 5.91 Å². The Morgan fingerprint density at radius 1 is 1.67 bits per heavy atom. The molecule has 1 heterocycles. The van der Waals surface area contributed by atoms with Gasteiger partial charge in [0.15, 0.2) is 0 Å². The number of rotatable bonds is 4. The van der Waals surface area contributed by atoms with Crippen LogP contribution in [0.2, 0.25) is 0 Å². The minimum absolute atomic E-state index is 0.0662. The lowest BCUT2D eigenvalue weighted by atomic mass is 9.95. The first kappa shape index (κ1) is 12.5. The monoisotopic (exact) mass is 215 g/mol. The van der Waals surface area contributed by atoms with E-state index in [1.807, 2.05) is 27.7 Å². The van der Waals surface area contributed by atoms with Gasteiger partial charge in [0.1, 0.15) is 6.61 Å². The molecule has 1 amide bonds. The predicted molar refractivity (Wildman–Crippen MR) is 57.7 cm³/mol. The molecule has 0 aliphatic carbocycles. The summed E-state index contributed by atoms with van der Waals surface area (Å²) in [5, 5.41) is 2.97. The van der Waals surface area contributed by atoms with E-state index in [2.05, 4.69) is 5.32 Å². The molecule has 0 aromatic heterocycles. The fourth-order valence-corrected chi connectivity index (χ4v) is 1.60. The molecule has 0 aromatic carbocycles. The van der Waals surface area contributed by atoms with Crippen molar-refractivity contribution in [1.29, 1.82) is 0 Å². The van der Waals surface area contributed by atoms with Crippen LogP contribution in [0.4, 0.5) is 0 Å². The Balaban J connectivity index is 2.37.